The van der Waals surface area contributed by atoms with Gasteiger partial charge in [-0.2, -0.15) is 0 Å². The van der Waals surface area contributed by atoms with Gasteiger partial charge in [0.2, 0.25) is 0 Å². The average Bonchev–Trinajstić information content (AvgIpc) is 2.39. The Morgan fingerprint density at radius 1 is 1.38 bits per heavy atom. The monoisotopic (exact) mass is 297 g/mol. The summed E-state index contributed by atoms with van der Waals surface area (Å²) < 4.78 is 24.3. The number of hydrogen-bond donors (Lipinski definition) is 0. The molecule has 0 aliphatic heterocycles. The summed E-state index contributed by atoms with van der Waals surface area (Å²) in [7, 11) is 2.74. The average molecular weight is 297 g/mol. The molecular formula is C15H20FNO4. The summed E-state index contributed by atoms with van der Waals surface area (Å²) in [5, 5.41) is 0. The molecular weight excluding hydrogens is 277 g/mol. The van der Waals surface area contributed by atoms with E-state index in [1.165, 1.54) is 32.4 Å². The van der Waals surface area contributed by atoms with Gasteiger partial charge in [-0.15, -0.1) is 0 Å². The van der Waals surface area contributed by atoms with Gasteiger partial charge in [0, 0.05) is 7.05 Å². The van der Waals surface area contributed by atoms with Gasteiger partial charge in [0.25, 0.3) is 0 Å². The Labute approximate surface area is 123 Å². The standard InChI is InChI=1S/C15H20FNO4/c1-15(2,3)21-14(19)17(4)11(9-18)13-10(16)7-6-8-12(13)20-5/h6-9,11H,1-5H3. The van der Waals surface area contributed by atoms with Crippen LogP contribution in [0.3, 0.4) is 0 Å². The number of amides is 1. The molecule has 0 radical (unpaired) electrons. The highest BCUT2D eigenvalue weighted by atomic mass is 19.1. The van der Waals surface area contributed by atoms with Crippen molar-refractivity contribution in [1.82, 2.24) is 4.90 Å². The van der Waals surface area contributed by atoms with Crippen LogP contribution in [0.4, 0.5) is 9.18 Å². The molecule has 0 N–H and O–H groups in total. The second-order valence-electron chi connectivity index (χ2n) is 5.53. The van der Waals surface area contributed by atoms with E-state index in [1.54, 1.807) is 20.8 Å². The van der Waals surface area contributed by atoms with Crippen LogP contribution in [0.25, 0.3) is 0 Å². The van der Waals surface area contributed by atoms with Gasteiger partial charge < -0.3 is 14.3 Å². The number of carbonyl (C=O) groups is 2. The molecule has 0 spiro atoms. The molecule has 1 rings (SSSR count). The minimum atomic E-state index is -1.13. The number of aldehydes is 1. The summed E-state index contributed by atoms with van der Waals surface area (Å²) in [5.41, 5.74) is -0.707. The number of halogens is 1. The molecule has 0 bridgehead atoms. The van der Waals surface area contributed by atoms with Gasteiger partial charge in [-0.05, 0) is 32.9 Å². The molecule has 5 nitrogen and oxygen atoms in total. The van der Waals surface area contributed by atoms with Gasteiger partial charge in [0.1, 0.15) is 29.5 Å². The van der Waals surface area contributed by atoms with Crippen LogP contribution in [-0.4, -0.2) is 37.0 Å². The molecule has 0 fully saturated rings. The largest absolute Gasteiger partial charge is 0.496 e. The van der Waals surface area contributed by atoms with E-state index in [4.69, 9.17) is 9.47 Å². The molecule has 0 saturated heterocycles. The van der Waals surface area contributed by atoms with Crippen LogP contribution in [0.2, 0.25) is 0 Å². The van der Waals surface area contributed by atoms with Crippen LogP contribution < -0.4 is 4.74 Å². The van der Waals surface area contributed by atoms with E-state index >= 15 is 0 Å². The molecule has 1 aromatic rings. The van der Waals surface area contributed by atoms with E-state index in [9.17, 15) is 14.0 Å². The normalized spacial score (nSPS) is 12.5. The first-order valence-corrected chi connectivity index (χ1v) is 6.44. The molecule has 21 heavy (non-hydrogen) atoms. The van der Waals surface area contributed by atoms with Crippen LogP contribution >= 0.6 is 0 Å². The fourth-order valence-electron chi connectivity index (χ4n) is 1.78. The molecule has 0 aliphatic carbocycles. The molecule has 6 heteroatoms. The zero-order chi connectivity index (χ0) is 16.2. The van der Waals surface area contributed by atoms with E-state index in [0.717, 1.165) is 4.90 Å². The summed E-state index contributed by atoms with van der Waals surface area (Å²) >= 11 is 0. The van der Waals surface area contributed by atoms with E-state index in [1.807, 2.05) is 0 Å². The number of hydrogen-bond acceptors (Lipinski definition) is 4. The second-order valence-corrected chi connectivity index (χ2v) is 5.53. The van der Waals surface area contributed by atoms with E-state index in [0.29, 0.717) is 6.29 Å². The number of benzene rings is 1. The number of carbonyl (C=O) groups excluding carboxylic acids is 2. The maximum Gasteiger partial charge on any atom is 0.410 e. The van der Waals surface area contributed by atoms with Crippen molar-refractivity contribution in [2.24, 2.45) is 0 Å². The highest BCUT2D eigenvalue weighted by molar-refractivity contribution is 5.75. The zero-order valence-corrected chi connectivity index (χ0v) is 12.8. The van der Waals surface area contributed by atoms with Crippen molar-refractivity contribution in [2.75, 3.05) is 14.2 Å². The maximum atomic E-state index is 14.0. The van der Waals surface area contributed by atoms with Crippen LogP contribution in [0, 0.1) is 5.82 Å². The molecule has 1 aromatic carbocycles. The van der Waals surface area contributed by atoms with Crippen molar-refractivity contribution in [3.8, 4) is 5.75 Å². The summed E-state index contributed by atoms with van der Waals surface area (Å²) in [6.45, 7) is 5.12. The smallest absolute Gasteiger partial charge is 0.410 e. The lowest BCUT2D eigenvalue weighted by Crippen LogP contribution is -2.37. The number of ether oxygens (including phenoxy) is 2. The Kier molecular flexibility index (Phi) is 5.29. The third-order valence-electron chi connectivity index (χ3n) is 2.76. The lowest BCUT2D eigenvalue weighted by Gasteiger charge is -2.28. The highest BCUT2D eigenvalue weighted by Crippen LogP contribution is 2.30. The van der Waals surface area contributed by atoms with E-state index in [-0.39, 0.29) is 11.3 Å². The number of methoxy groups -OCH3 is 1. The van der Waals surface area contributed by atoms with Crippen molar-refractivity contribution in [1.29, 1.82) is 0 Å². The van der Waals surface area contributed by atoms with Crippen molar-refractivity contribution < 1.29 is 23.5 Å². The SMILES string of the molecule is COc1cccc(F)c1C(C=O)N(C)C(=O)OC(C)(C)C. The highest BCUT2D eigenvalue weighted by Gasteiger charge is 2.30. The number of rotatable bonds is 4. The quantitative estimate of drug-likeness (QED) is 0.802. The molecule has 1 atom stereocenters. The summed E-state index contributed by atoms with van der Waals surface area (Å²) in [4.78, 5) is 24.4. The summed E-state index contributed by atoms with van der Waals surface area (Å²) in [5.74, 6) is -0.427. The van der Waals surface area contributed by atoms with Crippen molar-refractivity contribution in [3.05, 3.63) is 29.6 Å². The van der Waals surface area contributed by atoms with Crippen LogP contribution in [0.15, 0.2) is 18.2 Å². The molecule has 0 aliphatic rings. The molecule has 0 aromatic heterocycles. The van der Waals surface area contributed by atoms with Gasteiger partial charge in [0.15, 0.2) is 0 Å². The third kappa shape index (κ3) is 4.18. The minimum Gasteiger partial charge on any atom is -0.496 e. The van der Waals surface area contributed by atoms with Gasteiger partial charge in [-0.1, -0.05) is 6.07 Å². The Morgan fingerprint density at radius 2 is 2.00 bits per heavy atom. The molecule has 0 heterocycles. The zero-order valence-electron chi connectivity index (χ0n) is 12.8. The lowest BCUT2D eigenvalue weighted by atomic mass is 10.1. The second kappa shape index (κ2) is 6.56. The maximum absolute atomic E-state index is 14.0. The lowest BCUT2D eigenvalue weighted by molar-refractivity contribution is -0.112. The minimum absolute atomic E-state index is 0.00311. The van der Waals surface area contributed by atoms with Crippen molar-refractivity contribution in [3.63, 3.8) is 0 Å². The molecule has 1 unspecified atom stereocenters. The Hall–Kier alpha value is -2.11. The van der Waals surface area contributed by atoms with Gasteiger partial charge in [-0.25, -0.2) is 9.18 Å². The van der Waals surface area contributed by atoms with Crippen LogP contribution in [-0.2, 0) is 9.53 Å². The first-order chi connectivity index (χ1) is 9.71. The Morgan fingerprint density at radius 3 is 2.48 bits per heavy atom. The Bertz CT molecular complexity index is 525. The summed E-state index contributed by atoms with van der Waals surface area (Å²) in [6, 6.07) is 3.07. The van der Waals surface area contributed by atoms with Crippen molar-refractivity contribution in [2.45, 2.75) is 32.4 Å². The topological polar surface area (TPSA) is 55.8 Å². The van der Waals surface area contributed by atoms with Crippen LogP contribution in [0.1, 0.15) is 32.4 Å². The number of likely N-dealkylation sites (N-methyl/N-ethyl adjacent to an activating group) is 1. The first-order valence-electron chi connectivity index (χ1n) is 6.44. The first kappa shape index (κ1) is 16.9. The third-order valence-corrected chi connectivity index (χ3v) is 2.76. The van der Waals surface area contributed by atoms with E-state index in [2.05, 4.69) is 0 Å². The molecule has 0 saturated carbocycles. The Balaban J connectivity index is 3.14. The van der Waals surface area contributed by atoms with Gasteiger partial charge in [0.05, 0.1) is 12.7 Å². The fraction of sp³-hybridized carbons (Fsp3) is 0.467. The van der Waals surface area contributed by atoms with E-state index < -0.39 is 23.6 Å². The predicted octanol–water partition coefficient (Wildman–Crippen LogP) is 2.94. The number of nitrogens with zero attached hydrogens (tertiary/aromatic N) is 1. The van der Waals surface area contributed by atoms with Crippen molar-refractivity contribution >= 4 is 12.4 Å². The fourth-order valence-corrected chi connectivity index (χ4v) is 1.78. The van der Waals surface area contributed by atoms with Crippen LogP contribution in [0.5, 0.6) is 5.75 Å². The predicted molar refractivity (Wildman–Crippen MR) is 75.8 cm³/mol. The summed E-state index contributed by atoms with van der Waals surface area (Å²) in [6.07, 6.45) is -0.241. The van der Waals surface area contributed by atoms with Gasteiger partial charge in [-0.3, -0.25) is 4.90 Å². The molecule has 1 amide bonds. The molecule has 116 valence electrons. The van der Waals surface area contributed by atoms with Gasteiger partial charge >= 0.3 is 6.09 Å².